The van der Waals surface area contributed by atoms with Crippen LogP contribution in [0.4, 0.5) is 4.39 Å². The fraction of sp³-hybridized carbons (Fsp3) is 0.391. The second-order valence-corrected chi connectivity index (χ2v) is 7.50. The molecule has 1 aliphatic rings. The topological polar surface area (TPSA) is 58.2 Å². The molecular formula is C23H27FN2O2. The second kappa shape index (κ2) is 9.49. The average molecular weight is 382 g/mol. The van der Waals surface area contributed by atoms with Gasteiger partial charge in [-0.05, 0) is 49.1 Å². The highest BCUT2D eigenvalue weighted by molar-refractivity contribution is 5.94. The third kappa shape index (κ3) is 5.18. The average Bonchev–Trinajstić information content (AvgIpc) is 3.21. The number of amides is 2. The van der Waals surface area contributed by atoms with Crippen LogP contribution in [0.2, 0.25) is 0 Å². The van der Waals surface area contributed by atoms with E-state index < -0.39 is 0 Å². The first kappa shape index (κ1) is 20.1. The van der Waals surface area contributed by atoms with E-state index in [9.17, 15) is 14.0 Å². The molecule has 2 aromatic rings. The number of carbonyl (C=O) groups is 2. The standard InChI is InChI=1S/C23H27FN2O2/c24-20-12-10-18(11-13-20)22(28)25-16-6-9-21(27)26-17-23(14-4-5-15-23)19-7-2-1-3-8-19/h1-3,7-8,10-13H,4-6,9,14-17H2,(H,25,28)(H,26,27). The Labute approximate surface area is 165 Å². The highest BCUT2D eigenvalue weighted by atomic mass is 19.1. The molecule has 0 unspecified atom stereocenters. The molecule has 1 saturated carbocycles. The maximum absolute atomic E-state index is 12.9. The lowest BCUT2D eigenvalue weighted by Gasteiger charge is -2.30. The van der Waals surface area contributed by atoms with Crippen molar-refractivity contribution in [1.82, 2.24) is 10.6 Å². The summed E-state index contributed by atoms with van der Waals surface area (Å²) < 4.78 is 12.9. The van der Waals surface area contributed by atoms with Gasteiger partial charge in [-0.15, -0.1) is 0 Å². The van der Waals surface area contributed by atoms with Crippen LogP contribution in [0.25, 0.3) is 0 Å². The number of hydrogen-bond donors (Lipinski definition) is 2. The molecular weight excluding hydrogens is 355 g/mol. The Bertz CT molecular complexity index is 784. The Morgan fingerprint density at radius 2 is 1.61 bits per heavy atom. The lowest BCUT2D eigenvalue weighted by molar-refractivity contribution is -0.121. The number of carbonyl (C=O) groups excluding carboxylic acids is 2. The van der Waals surface area contributed by atoms with Crippen LogP contribution in [-0.4, -0.2) is 24.9 Å². The SMILES string of the molecule is O=C(CCCNC(=O)c1ccc(F)cc1)NCC1(c2ccccc2)CCCC1. The van der Waals surface area contributed by atoms with Crippen LogP contribution < -0.4 is 10.6 Å². The summed E-state index contributed by atoms with van der Waals surface area (Å²) in [7, 11) is 0. The summed E-state index contributed by atoms with van der Waals surface area (Å²) in [5, 5.41) is 5.86. The van der Waals surface area contributed by atoms with Crippen molar-refractivity contribution < 1.29 is 14.0 Å². The highest BCUT2D eigenvalue weighted by Crippen LogP contribution is 2.40. The number of halogens is 1. The molecule has 0 saturated heterocycles. The van der Waals surface area contributed by atoms with E-state index in [4.69, 9.17) is 0 Å². The summed E-state index contributed by atoms with van der Waals surface area (Å²) in [5.74, 6) is -0.614. The smallest absolute Gasteiger partial charge is 0.251 e. The van der Waals surface area contributed by atoms with Crippen LogP contribution in [0.5, 0.6) is 0 Å². The predicted octanol–water partition coefficient (Wildman–Crippen LogP) is 3.96. The summed E-state index contributed by atoms with van der Waals surface area (Å²) in [6.45, 7) is 1.07. The third-order valence-electron chi connectivity index (χ3n) is 5.54. The molecule has 2 N–H and O–H groups in total. The van der Waals surface area contributed by atoms with Crippen LogP contribution >= 0.6 is 0 Å². The van der Waals surface area contributed by atoms with Gasteiger partial charge in [-0.1, -0.05) is 43.2 Å². The molecule has 0 spiro atoms. The molecule has 28 heavy (non-hydrogen) atoms. The molecule has 2 aromatic carbocycles. The molecule has 148 valence electrons. The second-order valence-electron chi connectivity index (χ2n) is 7.50. The van der Waals surface area contributed by atoms with Crippen molar-refractivity contribution in [2.45, 2.75) is 43.9 Å². The summed E-state index contributed by atoms with van der Waals surface area (Å²) >= 11 is 0. The highest BCUT2D eigenvalue weighted by Gasteiger charge is 2.35. The van der Waals surface area contributed by atoms with Gasteiger partial charge in [0.05, 0.1) is 0 Å². The van der Waals surface area contributed by atoms with Gasteiger partial charge in [-0.3, -0.25) is 9.59 Å². The Balaban J connectivity index is 1.40. The minimum Gasteiger partial charge on any atom is -0.355 e. The van der Waals surface area contributed by atoms with Crippen molar-refractivity contribution in [3.05, 3.63) is 71.5 Å². The summed E-state index contributed by atoms with van der Waals surface area (Å²) in [6.07, 6.45) is 5.53. The van der Waals surface area contributed by atoms with Crippen LogP contribution in [0.15, 0.2) is 54.6 Å². The summed E-state index contributed by atoms with van der Waals surface area (Å²) in [5.41, 5.74) is 1.77. The quantitative estimate of drug-likeness (QED) is 0.679. The fourth-order valence-corrected chi connectivity index (χ4v) is 3.92. The minimum atomic E-state index is -0.372. The van der Waals surface area contributed by atoms with E-state index in [-0.39, 0.29) is 23.0 Å². The molecule has 0 radical (unpaired) electrons. The van der Waals surface area contributed by atoms with Crippen molar-refractivity contribution >= 4 is 11.8 Å². The van der Waals surface area contributed by atoms with E-state index in [1.165, 1.54) is 42.7 Å². The van der Waals surface area contributed by atoms with E-state index in [2.05, 4.69) is 34.9 Å². The first-order chi connectivity index (χ1) is 13.6. The number of rotatable bonds is 8. The Morgan fingerprint density at radius 1 is 0.929 bits per heavy atom. The van der Waals surface area contributed by atoms with Crippen LogP contribution in [0.1, 0.15) is 54.4 Å². The number of nitrogens with one attached hydrogen (secondary N) is 2. The van der Waals surface area contributed by atoms with E-state index in [0.29, 0.717) is 31.5 Å². The largest absolute Gasteiger partial charge is 0.355 e. The Hall–Kier alpha value is -2.69. The minimum absolute atomic E-state index is 0.0123. The van der Waals surface area contributed by atoms with Gasteiger partial charge in [0.25, 0.3) is 5.91 Å². The molecule has 4 nitrogen and oxygen atoms in total. The molecule has 1 fully saturated rings. The van der Waals surface area contributed by atoms with Crippen molar-refractivity contribution in [1.29, 1.82) is 0 Å². The molecule has 0 bridgehead atoms. The van der Waals surface area contributed by atoms with Gasteiger partial charge >= 0.3 is 0 Å². The van der Waals surface area contributed by atoms with Crippen molar-refractivity contribution in [3.8, 4) is 0 Å². The van der Waals surface area contributed by atoms with Gasteiger partial charge in [0.15, 0.2) is 0 Å². The monoisotopic (exact) mass is 382 g/mol. The lowest BCUT2D eigenvalue weighted by atomic mass is 9.79. The van der Waals surface area contributed by atoms with Crippen molar-refractivity contribution in [2.24, 2.45) is 0 Å². The Kier molecular flexibility index (Phi) is 6.80. The van der Waals surface area contributed by atoms with Gasteiger partial charge in [0.1, 0.15) is 5.82 Å². The van der Waals surface area contributed by atoms with Crippen LogP contribution in [0.3, 0.4) is 0 Å². The lowest BCUT2D eigenvalue weighted by Crippen LogP contribution is -2.39. The first-order valence-electron chi connectivity index (χ1n) is 9.95. The summed E-state index contributed by atoms with van der Waals surface area (Å²) in [4.78, 5) is 24.2. The molecule has 1 aliphatic carbocycles. The zero-order valence-corrected chi connectivity index (χ0v) is 16.0. The van der Waals surface area contributed by atoms with Crippen LogP contribution in [0, 0.1) is 5.82 Å². The third-order valence-corrected chi connectivity index (χ3v) is 5.54. The van der Waals surface area contributed by atoms with E-state index in [1.807, 2.05) is 6.07 Å². The van der Waals surface area contributed by atoms with Gasteiger partial charge < -0.3 is 10.6 Å². The van der Waals surface area contributed by atoms with Crippen LogP contribution in [-0.2, 0) is 10.2 Å². The normalized spacial score (nSPS) is 15.2. The fourth-order valence-electron chi connectivity index (χ4n) is 3.92. The first-order valence-corrected chi connectivity index (χ1v) is 9.95. The maximum Gasteiger partial charge on any atom is 0.251 e. The predicted molar refractivity (Wildman–Crippen MR) is 108 cm³/mol. The molecule has 0 heterocycles. The zero-order valence-electron chi connectivity index (χ0n) is 16.0. The maximum atomic E-state index is 12.9. The van der Waals surface area contributed by atoms with E-state index >= 15 is 0 Å². The molecule has 2 amide bonds. The van der Waals surface area contributed by atoms with E-state index in [1.54, 1.807) is 0 Å². The van der Waals surface area contributed by atoms with Crippen molar-refractivity contribution in [3.63, 3.8) is 0 Å². The molecule has 0 atom stereocenters. The van der Waals surface area contributed by atoms with Crippen molar-refractivity contribution in [2.75, 3.05) is 13.1 Å². The Morgan fingerprint density at radius 3 is 2.29 bits per heavy atom. The molecule has 0 aliphatic heterocycles. The number of benzene rings is 2. The summed E-state index contributed by atoms with van der Waals surface area (Å²) in [6, 6.07) is 15.9. The molecule has 3 rings (SSSR count). The van der Waals surface area contributed by atoms with Gasteiger partial charge in [-0.2, -0.15) is 0 Å². The zero-order chi connectivity index (χ0) is 19.8. The van der Waals surface area contributed by atoms with Gasteiger partial charge in [-0.25, -0.2) is 4.39 Å². The molecule has 5 heteroatoms. The van der Waals surface area contributed by atoms with Gasteiger partial charge in [0.2, 0.25) is 5.91 Å². The molecule has 0 aromatic heterocycles. The van der Waals surface area contributed by atoms with E-state index in [0.717, 1.165) is 12.8 Å². The van der Waals surface area contributed by atoms with Gasteiger partial charge in [0, 0.05) is 30.5 Å². The number of hydrogen-bond acceptors (Lipinski definition) is 2.